The fourth-order valence-corrected chi connectivity index (χ4v) is 4.12. The van der Waals surface area contributed by atoms with Crippen LogP contribution in [0, 0.1) is 0 Å². The summed E-state index contributed by atoms with van der Waals surface area (Å²) >= 11 is 0. The van der Waals surface area contributed by atoms with E-state index in [0.29, 0.717) is 25.1 Å². The van der Waals surface area contributed by atoms with Crippen molar-refractivity contribution in [3.8, 4) is 0 Å². The number of para-hydroxylation sites is 1. The van der Waals surface area contributed by atoms with E-state index in [0.717, 1.165) is 17.5 Å². The summed E-state index contributed by atoms with van der Waals surface area (Å²) in [6.45, 7) is 1.16. The lowest BCUT2D eigenvalue weighted by atomic mass is 9.96. The molecule has 2 aliphatic rings. The lowest BCUT2D eigenvalue weighted by Gasteiger charge is -2.31. The zero-order valence-corrected chi connectivity index (χ0v) is 15.4. The first kappa shape index (κ1) is 16.8. The van der Waals surface area contributed by atoms with Crippen molar-refractivity contribution in [2.45, 2.75) is 18.9 Å². The van der Waals surface area contributed by atoms with E-state index in [1.807, 2.05) is 36.5 Å². The first-order valence-electron chi connectivity index (χ1n) is 9.54. The van der Waals surface area contributed by atoms with Gasteiger partial charge in [-0.3, -0.25) is 4.79 Å². The molecule has 0 fully saturated rings. The number of nitrogens with zero attached hydrogens (tertiary/aromatic N) is 1. The van der Waals surface area contributed by atoms with Gasteiger partial charge in [0.05, 0.1) is 5.56 Å². The molecule has 2 aromatic carbocycles. The maximum atomic E-state index is 12.9. The van der Waals surface area contributed by atoms with Crippen molar-refractivity contribution >= 4 is 28.4 Å². The SMILES string of the molecule is O=C1OC(C(=O)N2CC=C(c3c[nH]c4ccccc34)CC2)Cc2ccccc21. The third kappa shape index (κ3) is 2.80. The van der Waals surface area contributed by atoms with Crippen LogP contribution in [0.25, 0.3) is 16.5 Å². The van der Waals surface area contributed by atoms with Crippen LogP contribution >= 0.6 is 0 Å². The number of amides is 1. The fourth-order valence-electron chi connectivity index (χ4n) is 4.12. The fraction of sp³-hybridized carbons (Fsp3) is 0.217. The Bertz CT molecular complexity index is 1110. The Morgan fingerprint density at radius 1 is 1.07 bits per heavy atom. The summed E-state index contributed by atoms with van der Waals surface area (Å²) in [6, 6.07) is 15.6. The van der Waals surface area contributed by atoms with Gasteiger partial charge in [-0.25, -0.2) is 4.79 Å². The number of H-pyrrole nitrogens is 1. The zero-order chi connectivity index (χ0) is 19.1. The third-order valence-electron chi connectivity index (χ3n) is 5.62. The highest BCUT2D eigenvalue weighted by Crippen LogP contribution is 2.30. The highest BCUT2D eigenvalue weighted by Gasteiger charge is 2.34. The smallest absolute Gasteiger partial charge is 0.339 e. The average molecular weight is 372 g/mol. The normalized spacial score (nSPS) is 19.1. The zero-order valence-electron chi connectivity index (χ0n) is 15.4. The average Bonchev–Trinajstić information content (AvgIpc) is 3.17. The van der Waals surface area contributed by atoms with E-state index in [1.165, 1.54) is 16.5 Å². The number of benzene rings is 2. The Kier molecular flexibility index (Phi) is 4.01. The van der Waals surface area contributed by atoms with Gasteiger partial charge in [-0.1, -0.05) is 42.5 Å². The number of carbonyl (C=O) groups is 2. The third-order valence-corrected chi connectivity index (χ3v) is 5.62. The molecule has 0 saturated carbocycles. The minimum absolute atomic E-state index is 0.114. The van der Waals surface area contributed by atoms with Crippen LogP contribution in [0.2, 0.25) is 0 Å². The molecule has 0 radical (unpaired) electrons. The minimum Gasteiger partial charge on any atom is -0.448 e. The van der Waals surface area contributed by atoms with E-state index in [4.69, 9.17) is 4.74 Å². The van der Waals surface area contributed by atoms with Crippen LogP contribution in [-0.4, -0.2) is 41.0 Å². The number of aromatic nitrogens is 1. The number of fused-ring (bicyclic) bond motifs is 2. The quantitative estimate of drug-likeness (QED) is 0.700. The van der Waals surface area contributed by atoms with Gasteiger partial charge in [0.1, 0.15) is 0 Å². The van der Waals surface area contributed by atoms with Gasteiger partial charge >= 0.3 is 5.97 Å². The predicted octanol–water partition coefficient (Wildman–Crippen LogP) is 3.57. The molecule has 0 bridgehead atoms. The summed E-state index contributed by atoms with van der Waals surface area (Å²) in [4.78, 5) is 30.2. The molecule has 0 saturated heterocycles. The molecule has 3 heterocycles. The molecule has 1 amide bonds. The number of aromatic amines is 1. The molecular weight excluding hydrogens is 352 g/mol. The maximum absolute atomic E-state index is 12.9. The number of hydrogen-bond acceptors (Lipinski definition) is 3. The highest BCUT2D eigenvalue weighted by atomic mass is 16.5. The van der Waals surface area contributed by atoms with Crippen molar-refractivity contribution < 1.29 is 14.3 Å². The molecule has 1 N–H and O–H groups in total. The summed E-state index contributed by atoms with van der Waals surface area (Å²) < 4.78 is 5.43. The number of rotatable bonds is 2. The van der Waals surface area contributed by atoms with Crippen molar-refractivity contribution in [2.24, 2.45) is 0 Å². The van der Waals surface area contributed by atoms with Crippen molar-refractivity contribution in [3.05, 3.63) is 77.5 Å². The molecule has 28 heavy (non-hydrogen) atoms. The van der Waals surface area contributed by atoms with E-state index in [-0.39, 0.29) is 5.91 Å². The second-order valence-electron chi connectivity index (χ2n) is 7.27. The number of carbonyl (C=O) groups excluding carboxylic acids is 2. The molecule has 0 spiro atoms. The van der Waals surface area contributed by atoms with E-state index < -0.39 is 12.1 Å². The van der Waals surface area contributed by atoms with Crippen molar-refractivity contribution in [2.75, 3.05) is 13.1 Å². The van der Waals surface area contributed by atoms with E-state index >= 15 is 0 Å². The first-order chi connectivity index (χ1) is 13.7. The molecule has 3 aromatic rings. The van der Waals surface area contributed by atoms with Crippen LogP contribution in [0.15, 0.2) is 60.8 Å². The summed E-state index contributed by atoms with van der Waals surface area (Å²) in [5, 5.41) is 1.20. The number of ether oxygens (including phenoxy) is 1. The topological polar surface area (TPSA) is 62.4 Å². The number of cyclic esters (lactones) is 1. The second kappa shape index (κ2) is 6.68. The van der Waals surface area contributed by atoms with Crippen LogP contribution in [0.1, 0.15) is 27.9 Å². The Labute approximate surface area is 162 Å². The van der Waals surface area contributed by atoms with Crippen molar-refractivity contribution in [3.63, 3.8) is 0 Å². The van der Waals surface area contributed by atoms with Crippen LogP contribution < -0.4 is 0 Å². The summed E-state index contributed by atoms with van der Waals surface area (Å²) in [6.07, 6.45) is 4.63. The summed E-state index contributed by atoms with van der Waals surface area (Å²) in [5.41, 5.74) is 4.99. The van der Waals surface area contributed by atoms with Crippen molar-refractivity contribution in [1.82, 2.24) is 9.88 Å². The van der Waals surface area contributed by atoms with Crippen LogP contribution in [0.3, 0.4) is 0 Å². The molecule has 1 aromatic heterocycles. The Balaban J connectivity index is 1.33. The number of esters is 1. The van der Waals surface area contributed by atoms with Gasteiger partial charge < -0.3 is 14.6 Å². The Morgan fingerprint density at radius 2 is 1.89 bits per heavy atom. The summed E-state index contributed by atoms with van der Waals surface area (Å²) in [7, 11) is 0. The predicted molar refractivity (Wildman–Crippen MR) is 107 cm³/mol. The van der Waals surface area contributed by atoms with E-state index in [1.54, 1.807) is 11.0 Å². The molecule has 2 aliphatic heterocycles. The first-order valence-corrected chi connectivity index (χ1v) is 9.54. The van der Waals surface area contributed by atoms with E-state index in [9.17, 15) is 9.59 Å². The standard InChI is InChI=1S/C23H20N2O3/c26-22(21-13-16-5-1-2-6-17(16)23(27)28-21)25-11-9-15(10-12-25)19-14-24-20-8-4-3-7-18(19)20/h1-9,14,21,24H,10-13H2. The lowest BCUT2D eigenvalue weighted by molar-refractivity contribution is -0.140. The molecule has 5 rings (SSSR count). The Morgan fingerprint density at radius 3 is 2.75 bits per heavy atom. The van der Waals surface area contributed by atoms with Gasteiger partial charge in [-0.2, -0.15) is 0 Å². The van der Waals surface area contributed by atoms with Gasteiger partial charge in [0.15, 0.2) is 6.10 Å². The Hall–Kier alpha value is -3.34. The van der Waals surface area contributed by atoms with Crippen molar-refractivity contribution in [1.29, 1.82) is 0 Å². The molecule has 140 valence electrons. The van der Waals surface area contributed by atoms with E-state index in [2.05, 4.69) is 23.2 Å². The molecule has 5 nitrogen and oxygen atoms in total. The summed E-state index contributed by atoms with van der Waals surface area (Å²) in [5.74, 6) is -0.524. The van der Waals surface area contributed by atoms with Gasteiger partial charge in [0.2, 0.25) is 0 Å². The molecular formula is C23H20N2O3. The molecule has 1 unspecified atom stereocenters. The van der Waals surface area contributed by atoms with Crippen LogP contribution in [0.5, 0.6) is 0 Å². The van der Waals surface area contributed by atoms with Crippen LogP contribution in [-0.2, 0) is 16.0 Å². The monoisotopic (exact) mass is 372 g/mol. The number of hydrogen-bond donors (Lipinski definition) is 1. The molecule has 0 aliphatic carbocycles. The lowest BCUT2D eigenvalue weighted by Crippen LogP contribution is -2.45. The van der Waals surface area contributed by atoms with Gasteiger partial charge in [0.25, 0.3) is 5.91 Å². The largest absolute Gasteiger partial charge is 0.448 e. The van der Waals surface area contributed by atoms with Gasteiger partial charge in [0, 0.05) is 42.2 Å². The minimum atomic E-state index is -0.731. The maximum Gasteiger partial charge on any atom is 0.339 e. The highest BCUT2D eigenvalue weighted by molar-refractivity contribution is 5.96. The second-order valence-corrected chi connectivity index (χ2v) is 7.27. The molecule has 1 atom stereocenters. The molecule has 5 heteroatoms. The van der Waals surface area contributed by atoms with Crippen LogP contribution in [0.4, 0.5) is 0 Å². The van der Waals surface area contributed by atoms with Gasteiger partial charge in [-0.05, 0) is 29.7 Å². The number of nitrogens with one attached hydrogen (secondary N) is 1. The van der Waals surface area contributed by atoms with Gasteiger partial charge in [-0.15, -0.1) is 0 Å².